The largest absolute Gasteiger partial charge is 0.312 e. The summed E-state index contributed by atoms with van der Waals surface area (Å²) in [7, 11) is -2.78. The molecule has 0 fully saturated rings. The second-order valence-electron chi connectivity index (χ2n) is 17.1. The average molecular weight is 730 g/mol. The first-order valence-corrected chi connectivity index (χ1v) is 22.1. The van der Waals surface area contributed by atoms with Crippen LogP contribution in [0.5, 0.6) is 0 Å². The Labute approximate surface area is 331 Å². The molecule has 0 aromatic heterocycles. The molecular formula is C53H40BNSi. The zero-order valence-corrected chi connectivity index (χ0v) is 32.9. The molecule has 1 nitrogen and oxygen atoms in total. The van der Waals surface area contributed by atoms with Gasteiger partial charge in [0.15, 0.2) is 8.07 Å². The summed E-state index contributed by atoms with van der Waals surface area (Å²) < 4.78 is 0. The highest BCUT2D eigenvalue weighted by Crippen LogP contribution is 2.58. The van der Waals surface area contributed by atoms with Crippen molar-refractivity contribution < 1.29 is 0 Å². The summed E-state index contributed by atoms with van der Waals surface area (Å²) in [5, 5.41) is 5.74. The molecular weight excluding hydrogens is 689 g/mol. The molecule has 264 valence electrons. The third kappa shape index (κ3) is 3.82. The lowest BCUT2D eigenvalue weighted by Gasteiger charge is -2.52. The molecule has 0 atom stereocenters. The number of benzene rings is 8. The van der Waals surface area contributed by atoms with Gasteiger partial charge in [0, 0.05) is 17.1 Å². The first kappa shape index (κ1) is 32.1. The van der Waals surface area contributed by atoms with Gasteiger partial charge in [0.2, 0.25) is 6.71 Å². The van der Waals surface area contributed by atoms with Gasteiger partial charge in [0.05, 0.1) is 5.41 Å². The minimum atomic E-state index is -2.78. The van der Waals surface area contributed by atoms with Crippen LogP contribution in [0, 0.1) is 0 Å². The van der Waals surface area contributed by atoms with Gasteiger partial charge in [-0.25, -0.2) is 0 Å². The molecule has 8 aromatic rings. The Bertz CT molecular complexity index is 2840. The zero-order chi connectivity index (χ0) is 37.4. The first-order valence-electron chi connectivity index (χ1n) is 20.1. The molecule has 1 aliphatic carbocycles. The smallest absolute Gasteiger partial charge is 0.247 e. The minimum absolute atomic E-state index is 0.00839. The molecule has 0 unspecified atom stereocenters. The molecule has 3 aliphatic heterocycles. The fourth-order valence-corrected chi connectivity index (χ4v) is 16.6. The van der Waals surface area contributed by atoms with Crippen LogP contribution in [0.1, 0.15) is 48.6 Å². The number of para-hydroxylation sites is 2. The zero-order valence-electron chi connectivity index (χ0n) is 31.9. The van der Waals surface area contributed by atoms with Crippen LogP contribution in [0.2, 0.25) is 0 Å². The van der Waals surface area contributed by atoms with Gasteiger partial charge >= 0.3 is 0 Å². The van der Waals surface area contributed by atoms with Crippen LogP contribution >= 0.6 is 0 Å². The number of hydrogen-bond acceptors (Lipinski definition) is 1. The van der Waals surface area contributed by atoms with E-state index in [-0.39, 0.29) is 12.1 Å². The Morgan fingerprint density at radius 1 is 0.464 bits per heavy atom. The maximum atomic E-state index is 2.67. The van der Waals surface area contributed by atoms with E-state index in [0.29, 0.717) is 0 Å². The highest BCUT2D eigenvalue weighted by atomic mass is 28.3. The van der Waals surface area contributed by atoms with Crippen molar-refractivity contribution >= 4 is 69.0 Å². The molecule has 0 amide bonds. The molecule has 0 N–H and O–H groups in total. The van der Waals surface area contributed by atoms with Crippen LogP contribution in [0.3, 0.4) is 0 Å². The molecule has 12 rings (SSSR count). The second kappa shape index (κ2) is 11.2. The van der Waals surface area contributed by atoms with Crippen LogP contribution in [0.25, 0.3) is 11.1 Å². The lowest BCUT2D eigenvalue weighted by Crippen LogP contribution is -2.79. The van der Waals surface area contributed by atoms with E-state index < -0.39 is 13.5 Å². The van der Waals surface area contributed by atoms with Crippen molar-refractivity contribution in [2.45, 2.75) is 31.6 Å². The van der Waals surface area contributed by atoms with E-state index in [1.807, 2.05) is 0 Å². The number of rotatable bonds is 2. The lowest BCUT2D eigenvalue weighted by atomic mass is 9.29. The molecule has 1 spiro atoms. The number of nitrogens with zero attached hydrogens (tertiary/aromatic N) is 1. The topological polar surface area (TPSA) is 3.24 Å². The van der Waals surface area contributed by atoms with Gasteiger partial charge in [-0.15, -0.1) is 0 Å². The average Bonchev–Trinajstić information content (AvgIpc) is 3.54. The first-order chi connectivity index (χ1) is 27.4. The highest BCUT2D eigenvalue weighted by molar-refractivity contribution is 7.22. The van der Waals surface area contributed by atoms with Gasteiger partial charge in [0.1, 0.15) is 0 Å². The molecule has 0 radical (unpaired) electrons. The van der Waals surface area contributed by atoms with Crippen LogP contribution < -0.4 is 42.0 Å². The Kier molecular flexibility index (Phi) is 6.43. The molecule has 0 saturated heterocycles. The van der Waals surface area contributed by atoms with E-state index in [0.717, 1.165) is 0 Å². The Morgan fingerprint density at radius 2 is 1.02 bits per heavy atom. The predicted octanol–water partition coefficient (Wildman–Crippen LogP) is 7.65. The third-order valence-electron chi connectivity index (χ3n) is 13.6. The summed E-state index contributed by atoms with van der Waals surface area (Å²) in [5.41, 5.74) is 17.4. The maximum absolute atomic E-state index is 2.78. The predicted molar refractivity (Wildman–Crippen MR) is 239 cm³/mol. The maximum Gasteiger partial charge on any atom is 0.247 e. The summed E-state index contributed by atoms with van der Waals surface area (Å²) in [6, 6.07) is 72.7. The molecule has 3 heterocycles. The summed E-state index contributed by atoms with van der Waals surface area (Å²) in [5.74, 6) is 0. The Balaban J connectivity index is 1.26. The highest BCUT2D eigenvalue weighted by Gasteiger charge is 2.57. The van der Waals surface area contributed by atoms with Gasteiger partial charge < -0.3 is 4.90 Å². The fraction of sp³-hybridized carbons (Fsp3) is 0.0943. The van der Waals surface area contributed by atoms with Crippen LogP contribution in [-0.4, -0.2) is 14.8 Å². The van der Waals surface area contributed by atoms with Crippen molar-refractivity contribution in [3.05, 3.63) is 216 Å². The van der Waals surface area contributed by atoms with E-state index >= 15 is 0 Å². The van der Waals surface area contributed by atoms with Crippen LogP contribution in [0.4, 0.5) is 17.1 Å². The standard InChI is InChI=1S/C53H40BNSi/c1-52(2,3)35-32-33-44-43(34-35)53(40-24-12-10-22-38(40)39-23-11-13-25-41(39)53)42-26-16-29-47-50(42)54(44)45-27-17-31-49-51(45)55(47)46-28-14-15-30-48(46)56(49,36-18-6-4-7-19-36)37-20-8-5-9-21-37/h4-34H,1-3H3. The molecule has 0 bridgehead atoms. The van der Waals surface area contributed by atoms with E-state index in [1.54, 1.807) is 0 Å². The van der Waals surface area contributed by atoms with E-state index in [1.165, 1.54) is 93.1 Å². The van der Waals surface area contributed by atoms with Crippen molar-refractivity contribution in [1.82, 2.24) is 0 Å². The van der Waals surface area contributed by atoms with Crippen molar-refractivity contribution in [2.75, 3.05) is 4.90 Å². The van der Waals surface area contributed by atoms with Gasteiger partial charge in [-0.1, -0.05) is 202 Å². The summed E-state index contributed by atoms with van der Waals surface area (Å²) in [6.07, 6.45) is 0. The van der Waals surface area contributed by atoms with E-state index in [9.17, 15) is 0 Å². The molecule has 4 aliphatic rings. The van der Waals surface area contributed by atoms with Gasteiger partial charge in [-0.05, 0) is 88.2 Å². The Morgan fingerprint density at radius 3 is 1.70 bits per heavy atom. The number of anilines is 3. The fourth-order valence-electron chi connectivity index (χ4n) is 11.4. The SMILES string of the molecule is CC(C)(C)c1ccc2c(c1)C1(c3ccccc3-c3ccccc31)c1cccc3c1B2c1cccc2c1N3c1ccccc1[Si]2(c1ccccc1)c1ccccc1. The minimum Gasteiger partial charge on any atom is -0.312 e. The molecule has 3 heteroatoms. The molecule has 56 heavy (non-hydrogen) atoms. The molecule has 8 aromatic carbocycles. The monoisotopic (exact) mass is 729 g/mol. The van der Waals surface area contributed by atoms with Crippen LogP contribution in [-0.2, 0) is 10.8 Å². The lowest BCUT2D eigenvalue weighted by molar-refractivity contribution is 0.588. The van der Waals surface area contributed by atoms with Crippen molar-refractivity contribution in [2.24, 2.45) is 0 Å². The van der Waals surface area contributed by atoms with Crippen LogP contribution in [0.15, 0.2) is 188 Å². The van der Waals surface area contributed by atoms with Gasteiger partial charge in [-0.2, -0.15) is 0 Å². The molecule has 0 saturated carbocycles. The summed E-state index contributed by atoms with van der Waals surface area (Å²) >= 11 is 0. The van der Waals surface area contributed by atoms with Crippen molar-refractivity contribution in [3.63, 3.8) is 0 Å². The van der Waals surface area contributed by atoms with Crippen molar-refractivity contribution in [1.29, 1.82) is 0 Å². The second-order valence-corrected chi connectivity index (χ2v) is 20.9. The Hall–Kier alpha value is -6.16. The van der Waals surface area contributed by atoms with Crippen molar-refractivity contribution in [3.8, 4) is 11.1 Å². The summed E-state index contributed by atoms with van der Waals surface area (Å²) in [6.45, 7) is 7.14. The number of hydrogen-bond donors (Lipinski definition) is 0. The third-order valence-corrected chi connectivity index (χ3v) is 18.4. The van der Waals surface area contributed by atoms with Gasteiger partial charge in [0.25, 0.3) is 0 Å². The normalized spacial score (nSPS) is 15.6. The number of fused-ring (bicyclic) bond motifs is 13. The van der Waals surface area contributed by atoms with E-state index in [2.05, 4.69) is 214 Å². The van der Waals surface area contributed by atoms with Gasteiger partial charge in [-0.3, -0.25) is 0 Å². The summed E-state index contributed by atoms with van der Waals surface area (Å²) in [4.78, 5) is 2.67. The van der Waals surface area contributed by atoms with E-state index in [4.69, 9.17) is 0 Å². The quantitative estimate of drug-likeness (QED) is 0.166.